The summed E-state index contributed by atoms with van der Waals surface area (Å²) in [5.41, 5.74) is 0. The van der Waals surface area contributed by atoms with Gasteiger partial charge in [-0.25, -0.2) is 8.42 Å². The number of benzene rings is 1. The SMILES string of the molecule is O=S(=O)(c1ccccc1O)N1CCOC2CCCC21. The van der Waals surface area contributed by atoms with Crippen LogP contribution in [0, 0.1) is 0 Å². The van der Waals surface area contributed by atoms with Crippen molar-refractivity contribution in [2.45, 2.75) is 36.3 Å². The fourth-order valence-corrected chi connectivity index (χ4v) is 4.74. The summed E-state index contributed by atoms with van der Waals surface area (Å²) in [6.07, 6.45) is 2.74. The second kappa shape index (κ2) is 4.77. The van der Waals surface area contributed by atoms with Crippen LogP contribution in [0.4, 0.5) is 0 Å². The molecule has 0 bridgehead atoms. The summed E-state index contributed by atoms with van der Waals surface area (Å²) < 4.78 is 32.5. The topological polar surface area (TPSA) is 66.8 Å². The first-order valence-electron chi connectivity index (χ1n) is 6.52. The van der Waals surface area contributed by atoms with Gasteiger partial charge < -0.3 is 9.84 Å². The van der Waals surface area contributed by atoms with Crippen molar-refractivity contribution in [3.8, 4) is 5.75 Å². The van der Waals surface area contributed by atoms with Gasteiger partial charge in [-0.3, -0.25) is 0 Å². The molecular weight excluding hydrogens is 266 g/mol. The average molecular weight is 283 g/mol. The number of hydrogen-bond acceptors (Lipinski definition) is 4. The minimum atomic E-state index is -3.64. The lowest BCUT2D eigenvalue weighted by Gasteiger charge is -2.36. The molecule has 2 fully saturated rings. The normalized spacial score (nSPS) is 28.2. The van der Waals surface area contributed by atoms with E-state index in [-0.39, 0.29) is 22.8 Å². The number of sulfonamides is 1. The first-order valence-corrected chi connectivity index (χ1v) is 7.96. The zero-order valence-corrected chi connectivity index (χ0v) is 11.3. The summed E-state index contributed by atoms with van der Waals surface area (Å²) in [6.45, 7) is 0.784. The number of fused-ring (bicyclic) bond motifs is 1. The van der Waals surface area contributed by atoms with Gasteiger partial charge in [0.2, 0.25) is 10.0 Å². The Morgan fingerprint density at radius 3 is 2.84 bits per heavy atom. The molecule has 3 rings (SSSR count). The van der Waals surface area contributed by atoms with Crippen molar-refractivity contribution < 1.29 is 18.3 Å². The number of nitrogens with zero attached hydrogens (tertiary/aromatic N) is 1. The van der Waals surface area contributed by atoms with Gasteiger partial charge in [0, 0.05) is 6.54 Å². The molecule has 1 saturated heterocycles. The number of rotatable bonds is 2. The van der Waals surface area contributed by atoms with Gasteiger partial charge in [-0.1, -0.05) is 12.1 Å². The van der Waals surface area contributed by atoms with Crippen molar-refractivity contribution in [3.63, 3.8) is 0 Å². The van der Waals surface area contributed by atoms with Gasteiger partial charge in [0.1, 0.15) is 10.6 Å². The number of ether oxygens (including phenoxy) is 1. The van der Waals surface area contributed by atoms with E-state index >= 15 is 0 Å². The van der Waals surface area contributed by atoms with Gasteiger partial charge in [-0.05, 0) is 31.4 Å². The van der Waals surface area contributed by atoms with E-state index in [1.165, 1.54) is 16.4 Å². The standard InChI is InChI=1S/C13H17NO4S/c15-11-5-1-2-7-13(11)19(16,17)14-8-9-18-12-6-3-4-10(12)14/h1-2,5,7,10,12,15H,3-4,6,8-9H2. The fourth-order valence-electron chi connectivity index (χ4n) is 2.99. The van der Waals surface area contributed by atoms with Crippen LogP contribution in [-0.4, -0.2) is 43.1 Å². The molecule has 1 aliphatic heterocycles. The lowest BCUT2D eigenvalue weighted by molar-refractivity contribution is -0.0242. The lowest BCUT2D eigenvalue weighted by atomic mass is 10.2. The molecule has 0 radical (unpaired) electrons. The second-order valence-corrected chi connectivity index (χ2v) is 6.85. The first-order chi connectivity index (χ1) is 9.10. The number of morpholine rings is 1. The van der Waals surface area contributed by atoms with Crippen molar-refractivity contribution in [2.75, 3.05) is 13.2 Å². The van der Waals surface area contributed by atoms with E-state index in [0.717, 1.165) is 19.3 Å². The van der Waals surface area contributed by atoms with Crippen LogP contribution in [0.25, 0.3) is 0 Å². The second-order valence-electron chi connectivity index (χ2n) is 4.99. The molecule has 1 N–H and O–H groups in total. The maximum atomic E-state index is 12.7. The lowest BCUT2D eigenvalue weighted by Crippen LogP contribution is -2.51. The minimum Gasteiger partial charge on any atom is -0.507 e. The van der Waals surface area contributed by atoms with Crippen molar-refractivity contribution in [1.82, 2.24) is 4.31 Å². The summed E-state index contributed by atoms with van der Waals surface area (Å²) in [4.78, 5) is -0.0115. The Hall–Kier alpha value is -1.11. The Labute approximate surface area is 112 Å². The predicted molar refractivity (Wildman–Crippen MR) is 69.4 cm³/mol. The molecule has 1 aliphatic carbocycles. The van der Waals surface area contributed by atoms with Gasteiger partial charge >= 0.3 is 0 Å². The Morgan fingerprint density at radius 2 is 2.05 bits per heavy atom. The van der Waals surface area contributed by atoms with Crippen LogP contribution in [0.15, 0.2) is 29.2 Å². The summed E-state index contributed by atoms with van der Waals surface area (Å²) in [5, 5.41) is 9.78. The van der Waals surface area contributed by atoms with Crippen LogP contribution < -0.4 is 0 Å². The van der Waals surface area contributed by atoms with E-state index in [1.807, 2.05) is 0 Å². The highest BCUT2D eigenvalue weighted by molar-refractivity contribution is 7.89. The summed E-state index contributed by atoms with van der Waals surface area (Å²) in [5.74, 6) is -0.191. The smallest absolute Gasteiger partial charge is 0.247 e. The molecule has 2 atom stereocenters. The molecule has 1 aromatic carbocycles. The Kier molecular flexibility index (Phi) is 3.24. The molecule has 2 unspecified atom stereocenters. The van der Waals surface area contributed by atoms with E-state index < -0.39 is 10.0 Å². The third kappa shape index (κ3) is 2.13. The predicted octanol–water partition coefficient (Wildman–Crippen LogP) is 1.33. The first kappa shape index (κ1) is 12.9. The van der Waals surface area contributed by atoms with Gasteiger partial charge in [0.05, 0.1) is 18.8 Å². The Bertz CT molecular complexity index is 572. The third-order valence-electron chi connectivity index (χ3n) is 3.88. The highest BCUT2D eigenvalue weighted by atomic mass is 32.2. The molecule has 1 heterocycles. The molecule has 104 valence electrons. The highest BCUT2D eigenvalue weighted by Crippen LogP contribution is 2.35. The molecule has 0 amide bonds. The zero-order chi connectivity index (χ0) is 13.5. The van der Waals surface area contributed by atoms with Crippen LogP contribution in [0.2, 0.25) is 0 Å². The van der Waals surface area contributed by atoms with Crippen LogP contribution >= 0.6 is 0 Å². The quantitative estimate of drug-likeness (QED) is 0.889. The number of para-hydroxylation sites is 1. The summed E-state index contributed by atoms with van der Waals surface area (Å²) in [7, 11) is -3.64. The van der Waals surface area contributed by atoms with Crippen LogP contribution in [0.3, 0.4) is 0 Å². The van der Waals surface area contributed by atoms with E-state index in [4.69, 9.17) is 4.74 Å². The van der Waals surface area contributed by atoms with Crippen molar-refractivity contribution >= 4 is 10.0 Å². The summed E-state index contributed by atoms with van der Waals surface area (Å²) in [6, 6.07) is 6.01. The molecule has 1 aromatic rings. The maximum absolute atomic E-state index is 12.7. The number of phenolic OH excluding ortho intramolecular Hbond substituents is 1. The largest absolute Gasteiger partial charge is 0.507 e. The average Bonchev–Trinajstić information content (AvgIpc) is 2.86. The molecule has 19 heavy (non-hydrogen) atoms. The van der Waals surface area contributed by atoms with E-state index in [0.29, 0.717) is 13.2 Å². The van der Waals surface area contributed by atoms with Crippen molar-refractivity contribution in [1.29, 1.82) is 0 Å². The van der Waals surface area contributed by atoms with Gasteiger partial charge in [-0.2, -0.15) is 4.31 Å². The van der Waals surface area contributed by atoms with Crippen LogP contribution in [0.1, 0.15) is 19.3 Å². The molecular formula is C13H17NO4S. The monoisotopic (exact) mass is 283 g/mol. The number of hydrogen-bond donors (Lipinski definition) is 1. The Morgan fingerprint density at radius 1 is 1.26 bits per heavy atom. The third-order valence-corrected chi connectivity index (χ3v) is 5.85. The van der Waals surface area contributed by atoms with Gasteiger partial charge in [0.25, 0.3) is 0 Å². The van der Waals surface area contributed by atoms with Gasteiger partial charge in [-0.15, -0.1) is 0 Å². The Balaban J connectivity index is 1.98. The van der Waals surface area contributed by atoms with E-state index in [2.05, 4.69) is 0 Å². The zero-order valence-electron chi connectivity index (χ0n) is 10.5. The molecule has 5 nitrogen and oxygen atoms in total. The fraction of sp³-hybridized carbons (Fsp3) is 0.538. The van der Waals surface area contributed by atoms with Crippen molar-refractivity contribution in [3.05, 3.63) is 24.3 Å². The molecule has 2 aliphatic rings. The van der Waals surface area contributed by atoms with Crippen LogP contribution in [0.5, 0.6) is 5.75 Å². The number of phenols is 1. The highest BCUT2D eigenvalue weighted by Gasteiger charge is 2.42. The minimum absolute atomic E-state index is 0.00869. The number of aromatic hydroxyl groups is 1. The molecule has 0 aromatic heterocycles. The molecule has 6 heteroatoms. The van der Waals surface area contributed by atoms with Gasteiger partial charge in [0.15, 0.2) is 0 Å². The van der Waals surface area contributed by atoms with Crippen LogP contribution in [-0.2, 0) is 14.8 Å². The van der Waals surface area contributed by atoms with E-state index in [1.54, 1.807) is 12.1 Å². The molecule has 0 spiro atoms. The molecule has 1 saturated carbocycles. The van der Waals surface area contributed by atoms with E-state index in [9.17, 15) is 13.5 Å². The van der Waals surface area contributed by atoms with Crippen molar-refractivity contribution in [2.24, 2.45) is 0 Å². The maximum Gasteiger partial charge on any atom is 0.247 e. The summed E-state index contributed by atoms with van der Waals surface area (Å²) >= 11 is 0.